The molecule has 0 aromatic heterocycles. The lowest BCUT2D eigenvalue weighted by Gasteiger charge is -2.36. The van der Waals surface area contributed by atoms with Gasteiger partial charge in [0.05, 0.1) is 14.2 Å². The maximum atomic E-state index is 13.6. The fourth-order valence-corrected chi connectivity index (χ4v) is 2.62. The van der Waals surface area contributed by atoms with Crippen LogP contribution < -0.4 is 14.8 Å². The van der Waals surface area contributed by atoms with Crippen molar-refractivity contribution in [3.63, 3.8) is 0 Å². The molecule has 0 bridgehead atoms. The summed E-state index contributed by atoms with van der Waals surface area (Å²) in [5, 5.41) is 12.9. The Labute approximate surface area is 150 Å². The highest BCUT2D eigenvalue weighted by molar-refractivity contribution is 5.85. The van der Waals surface area contributed by atoms with Gasteiger partial charge in [0, 0.05) is 26.2 Å². The third-order valence-electron chi connectivity index (χ3n) is 3.64. The van der Waals surface area contributed by atoms with Crippen LogP contribution >= 0.6 is 24.8 Å². The zero-order chi connectivity index (χ0) is 16.3. The first kappa shape index (κ1) is 22.9. The maximum absolute atomic E-state index is 13.6. The zero-order valence-corrected chi connectivity index (χ0v) is 14.9. The van der Waals surface area contributed by atoms with Crippen molar-refractivity contribution in [3.05, 3.63) is 17.7 Å². The number of hydrogen-bond acceptors (Lipinski definition) is 5. The first-order valence-corrected chi connectivity index (χ1v) is 6.85. The van der Waals surface area contributed by atoms with E-state index in [9.17, 15) is 18.3 Å². The Morgan fingerprint density at radius 3 is 1.92 bits per heavy atom. The van der Waals surface area contributed by atoms with Crippen LogP contribution in [0.15, 0.2) is 12.1 Å². The van der Waals surface area contributed by atoms with Crippen molar-refractivity contribution in [2.45, 2.75) is 12.2 Å². The molecule has 0 unspecified atom stereocenters. The normalized spacial score (nSPS) is 16.5. The number of rotatable bonds is 4. The lowest BCUT2D eigenvalue weighted by molar-refractivity contribution is -0.187. The number of alkyl halides is 3. The van der Waals surface area contributed by atoms with E-state index < -0.39 is 12.2 Å². The highest BCUT2D eigenvalue weighted by Gasteiger charge is 2.45. The van der Waals surface area contributed by atoms with Crippen LogP contribution in [0.1, 0.15) is 11.6 Å². The number of piperazine rings is 1. The summed E-state index contributed by atoms with van der Waals surface area (Å²) < 4.78 is 50.6. The van der Waals surface area contributed by atoms with Crippen LogP contribution in [0.3, 0.4) is 0 Å². The van der Waals surface area contributed by atoms with Gasteiger partial charge in [0.25, 0.3) is 0 Å². The van der Waals surface area contributed by atoms with Crippen LogP contribution in [0.25, 0.3) is 0 Å². The molecule has 140 valence electrons. The molecule has 1 aliphatic rings. The fraction of sp³-hybridized carbons (Fsp3) is 0.571. The zero-order valence-electron chi connectivity index (χ0n) is 13.2. The van der Waals surface area contributed by atoms with E-state index in [-0.39, 0.29) is 60.7 Å². The van der Waals surface area contributed by atoms with Gasteiger partial charge in [-0.2, -0.15) is 13.2 Å². The average molecular weight is 393 g/mol. The van der Waals surface area contributed by atoms with E-state index in [1.54, 1.807) is 0 Å². The molecule has 0 saturated carbocycles. The molecule has 0 spiro atoms. The van der Waals surface area contributed by atoms with Crippen molar-refractivity contribution in [2.75, 3.05) is 40.4 Å². The van der Waals surface area contributed by atoms with Crippen LogP contribution in [0.5, 0.6) is 17.2 Å². The Balaban J connectivity index is 0.00000264. The second-order valence-electron chi connectivity index (χ2n) is 5.00. The SMILES string of the molecule is COc1cc([C@H](N2CCNCC2)C(F)(F)F)cc(OC)c1O.Cl.Cl. The Morgan fingerprint density at radius 1 is 1.08 bits per heavy atom. The number of halogens is 5. The van der Waals surface area contributed by atoms with Crippen LogP contribution in [-0.2, 0) is 0 Å². The van der Waals surface area contributed by atoms with E-state index in [1.165, 1.54) is 31.3 Å². The number of benzene rings is 1. The van der Waals surface area contributed by atoms with Gasteiger partial charge in [-0.1, -0.05) is 0 Å². The minimum absolute atomic E-state index is 0. The first-order valence-electron chi connectivity index (χ1n) is 6.85. The van der Waals surface area contributed by atoms with Gasteiger partial charge < -0.3 is 19.9 Å². The summed E-state index contributed by atoms with van der Waals surface area (Å²) in [6, 6.07) is 0.647. The minimum atomic E-state index is -4.44. The molecular formula is C14H21Cl2F3N2O3. The van der Waals surface area contributed by atoms with Gasteiger partial charge in [-0.15, -0.1) is 24.8 Å². The van der Waals surface area contributed by atoms with Crippen molar-refractivity contribution >= 4 is 24.8 Å². The molecular weight excluding hydrogens is 372 g/mol. The molecule has 5 nitrogen and oxygen atoms in total. The summed E-state index contributed by atoms with van der Waals surface area (Å²) in [5.74, 6) is -0.396. The molecule has 1 atom stereocenters. The summed E-state index contributed by atoms with van der Waals surface area (Å²) >= 11 is 0. The van der Waals surface area contributed by atoms with E-state index in [1.807, 2.05) is 0 Å². The smallest absolute Gasteiger partial charge is 0.408 e. The Kier molecular flexibility index (Phi) is 8.98. The number of phenols is 1. The number of phenolic OH excluding ortho intramolecular Hbond substituents is 1. The first-order chi connectivity index (χ1) is 10.4. The second-order valence-corrected chi connectivity index (χ2v) is 5.00. The van der Waals surface area contributed by atoms with E-state index in [2.05, 4.69) is 5.32 Å². The minimum Gasteiger partial charge on any atom is -0.502 e. The van der Waals surface area contributed by atoms with Gasteiger partial charge in [-0.05, 0) is 17.7 Å². The summed E-state index contributed by atoms with van der Waals surface area (Å²) in [6.45, 7) is 1.57. The van der Waals surface area contributed by atoms with Crippen molar-refractivity contribution in [1.82, 2.24) is 10.2 Å². The van der Waals surface area contributed by atoms with Gasteiger partial charge in [-0.3, -0.25) is 4.90 Å². The summed E-state index contributed by atoms with van der Waals surface area (Å²) in [5.41, 5.74) is -0.0131. The summed E-state index contributed by atoms with van der Waals surface area (Å²) in [6.07, 6.45) is -4.44. The molecule has 1 aliphatic heterocycles. The Bertz CT molecular complexity index is 501. The van der Waals surface area contributed by atoms with Gasteiger partial charge in [-0.25, -0.2) is 0 Å². The van der Waals surface area contributed by atoms with Crippen molar-refractivity contribution < 1.29 is 27.8 Å². The fourth-order valence-electron chi connectivity index (χ4n) is 2.62. The molecule has 1 fully saturated rings. The van der Waals surface area contributed by atoms with Gasteiger partial charge in [0.1, 0.15) is 6.04 Å². The van der Waals surface area contributed by atoms with Gasteiger partial charge in [0.15, 0.2) is 11.5 Å². The topological polar surface area (TPSA) is 54.0 Å². The van der Waals surface area contributed by atoms with Gasteiger partial charge >= 0.3 is 6.18 Å². The number of hydrogen-bond donors (Lipinski definition) is 2. The molecule has 1 saturated heterocycles. The lowest BCUT2D eigenvalue weighted by atomic mass is 10.0. The van der Waals surface area contributed by atoms with E-state index in [4.69, 9.17) is 9.47 Å². The predicted octanol–water partition coefficient (Wildman–Crippen LogP) is 2.76. The van der Waals surface area contributed by atoms with Crippen molar-refractivity contribution in [2.24, 2.45) is 0 Å². The monoisotopic (exact) mass is 392 g/mol. The molecule has 0 amide bonds. The highest BCUT2D eigenvalue weighted by Crippen LogP contribution is 2.44. The average Bonchev–Trinajstić information content (AvgIpc) is 2.48. The standard InChI is InChI=1S/C14H19F3N2O3.2ClH/c1-21-10-7-9(8-11(22-2)12(10)20)13(14(15,16)17)19-5-3-18-4-6-19;;/h7-8,13,18,20H,3-6H2,1-2H3;2*1H/t13-;;/m0../s1. The maximum Gasteiger partial charge on any atom is 0.408 e. The molecule has 2 N–H and O–H groups in total. The molecule has 0 aliphatic carbocycles. The lowest BCUT2D eigenvalue weighted by Crippen LogP contribution is -2.49. The largest absolute Gasteiger partial charge is 0.502 e. The molecule has 2 rings (SSSR count). The number of aromatic hydroxyl groups is 1. The summed E-state index contributed by atoms with van der Waals surface area (Å²) in [4.78, 5) is 1.36. The molecule has 1 heterocycles. The van der Waals surface area contributed by atoms with E-state index in [0.29, 0.717) is 13.1 Å². The van der Waals surface area contributed by atoms with Crippen molar-refractivity contribution in [1.29, 1.82) is 0 Å². The highest BCUT2D eigenvalue weighted by atomic mass is 35.5. The van der Waals surface area contributed by atoms with Gasteiger partial charge in [0.2, 0.25) is 5.75 Å². The summed E-state index contributed by atoms with van der Waals surface area (Å²) in [7, 11) is 2.57. The van der Waals surface area contributed by atoms with Crippen LogP contribution in [0.2, 0.25) is 0 Å². The molecule has 10 heteroatoms. The van der Waals surface area contributed by atoms with Crippen LogP contribution in [0.4, 0.5) is 13.2 Å². The Morgan fingerprint density at radius 2 is 1.54 bits per heavy atom. The molecule has 0 radical (unpaired) electrons. The molecule has 1 aromatic rings. The Hall–Kier alpha value is -1.09. The number of ether oxygens (including phenoxy) is 2. The quantitative estimate of drug-likeness (QED) is 0.824. The number of nitrogens with zero attached hydrogens (tertiary/aromatic N) is 1. The third kappa shape index (κ3) is 4.95. The van der Waals surface area contributed by atoms with E-state index in [0.717, 1.165) is 0 Å². The van der Waals surface area contributed by atoms with Crippen LogP contribution in [0, 0.1) is 0 Å². The third-order valence-corrected chi connectivity index (χ3v) is 3.64. The second kappa shape index (κ2) is 9.41. The number of nitrogens with one attached hydrogen (secondary N) is 1. The molecule has 24 heavy (non-hydrogen) atoms. The van der Waals surface area contributed by atoms with Crippen LogP contribution in [-0.4, -0.2) is 56.6 Å². The predicted molar refractivity (Wildman–Crippen MR) is 88.9 cm³/mol. The van der Waals surface area contributed by atoms with Crippen molar-refractivity contribution in [3.8, 4) is 17.2 Å². The number of methoxy groups -OCH3 is 2. The molecule has 1 aromatic carbocycles. The van der Waals surface area contributed by atoms with E-state index >= 15 is 0 Å².